The predicted molar refractivity (Wildman–Crippen MR) is 106 cm³/mol. The number of esters is 1. The van der Waals surface area contributed by atoms with Crippen molar-refractivity contribution in [2.24, 2.45) is 0 Å². The molecule has 0 saturated carbocycles. The first kappa shape index (κ1) is 18.9. The van der Waals surface area contributed by atoms with Gasteiger partial charge in [-0.3, -0.25) is 4.79 Å². The molecule has 3 rings (SSSR count). The van der Waals surface area contributed by atoms with E-state index in [4.69, 9.17) is 14.1 Å². The quantitative estimate of drug-likeness (QED) is 0.363. The number of aryl methyl sites for hydroxylation is 1. The maximum absolute atomic E-state index is 11.4. The van der Waals surface area contributed by atoms with E-state index in [1.54, 1.807) is 0 Å². The van der Waals surface area contributed by atoms with Crippen LogP contribution in [0, 0.1) is 0 Å². The van der Waals surface area contributed by atoms with Gasteiger partial charge >= 0.3 is 5.97 Å². The van der Waals surface area contributed by atoms with Gasteiger partial charge in [0.2, 0.25) is 0 Å². The predicted octanol–water partition coefficient (Wildman–Crippen LogP) is 5.67. The second-order valence-corrected chi connectivity index (χ2v) is 6.38. The van der Waals surface area contributed by atoms with Gasteiger partial charge in [-0.1, -0.05) is 67.1 Å². The van der Waals surface area contributed by atoms with E-state index in [9.17, 15) is 4.79 Å². The van der Waals surface area contributed by atoms with E-state index in [2.05, 4.69) is 0 Å². The monoisotopic (exact) mass is 363 g/mol. The summed E-state index contributed by atoms with van der Waals surface area (Å²) in [5.74, 6) is 1.43. The minimum absolute atomic E-state index is 0.119. The molecule has 0 aliphatic heterocycles. The van der Waals surface area contributed by atoms with Gasteiger partial charge in [0.15, 0.2) is 11.7 Å². The summed E-state index contributed by atoms with van der Waals surface area (Å²) < 4.78 is 11.1. The molecule has 0 fully saturated rings. The van der Waals surface area contributed by atoms with E-state index < -0.39 is 0 Å². The highest BCUT2D eigenvalue weighted by Crippen LogP contribution is 2.32. The molecule has 0 N–H and O–H groups in total. The summed E-state index contributed by atoms with van der Waals surface area (Å²) in [6.45, 7) is 2.27. The summed E-state index contributed by atoms with van der Waals surface area (Å²) in [6, 6.07) is 20.2. The van der Waals surface area contributed by atoms with E-state index in [0.717, 1.165) is 54.2 Å². The van der Waals surface area contributed by atoms with Crippen LogP contribution in [0.5, 0.6) is 0 Å². The molecule has 0 bridgehead atoms. The highest BCUT2D eigenvalue weighted by Gasteiger charge is 2.16. The molecule has 2 aromatic carbocycles. The molecule has 1 heterocycles. The Labute approximate surface area is 160 Å². The van der Waals surface area contributed by atoms with Gasteiger partial charge < -0.3 is 9.15 Å². The number of benzene rings is 2. The first-order valence-electron chi connectivity index (χ1n) is 9.54. The van der Waals surface area contributed by atoms with Crippen LogP contribution in [-0.2, 0) is 16.0 Å². The average molecular weight is 363 g/mol. The number of nitrogens with zero attached hydrogens (tertiary/aromatic N) is 1. The number of oxazole rings is 1. The van der Waals surface area contributed by atoms with E-state index >= 15 is 0 Å². The first-order chi connectivity index (χ1) is 13.3. The Morgan fingerprint density at radius 2 is 1.59 bits per heavy atom. The molecule has 0 saturated heterocycles. The van der Waals surface area contributed by atoms with Crippen molar-refractivity contribution in [1.82, 2.24) is 4.98 Å². The number of aromatic nitrogens is 1. The maximum atomic E-state index is 11.4. The first-order valence-corrected chi connectivity index (χ1v) is 9.54. The average Bonchev–Trinajstić information content (AvgIpc) is 3.13. The fourth-order valence-corrected chi connectivity index (χ4v) is 3.00. The van der Waals surface area contributed by atoms with E-state index in [-0.39, 0.29) is 5.97 Å². The van der Waals surface area contributed by atoms with Crippen molar-refractivity contribution < 1.29 is 13.9 Å². The third-order valence-electron chi connectivity index (χ3n) is 4.33. The van der Waals surface area contributed by atoms with Crippen LogP contribution in [0.1, 0.15) is 38.5 Å². The van der Waals surface area contributed by atoms with Gasteiger partial charge in [0, 0.05) is 24.0 Å². The van der Waals surface area contributed by atoms with Gasteiger partial charge in [-0.05, 0) is 19.8 Å². The third-order valence-corrected chi connectivity index (χ3v) is 4.33. The van der Waals surface area contributed by atoms with Crippen LogP contribution in [-0.4, -0.2) is 17.6 Å². The Hall–Kier alpha value is -2.88. The van der Waals surface area contributed by atoms with Gasteiger partial charge in [0.1, 0.15) is 5.69 Å². The molecule has 4 nitrogen and oxygen atoms in total. The number of rotatable bonds is 9. The summed E-state index contributed by atoms with van der Waals surface area (Å²) in [5.41, 5.74) is 2.95. The van der Waals surface area contributed by atoms with Crippen molar-refractivity contribution in [3.63, 3.8) is 0 Å². The zero-order chi connectivity index (χ0) is 18.9. The van der Waals surface area contributed by atoms with Crippen LogP contribution in [0.4, 0.5) is 0 Å². The van der Waals surface area contributed by atoms with Crippen LogP contribution >= 0.6 is 0 Å². The topological polar surface area (TPSA) is 52.3 Å². The molecule has 27 heavy (non-hydrogen) atoms. The fourth-order valence-electron chi connectivity index (χ4n) is 3.00. The van der Waals surface area contributed by atoms with Crippen molar-refractivity contribution >= 4 is 5.97 Å². The number of carbonyl (C=O) groups excluding carboxylic acids is 1. The summed E-state index contributed by atoms with van der Waals surface area (Å²) in [6.07, 6.45) is 3.95. The molecule has 0 aliphatic carbocycles. The Morgan fingerprint density at radius 3 is 2.26 bits per heavy atom. The Morgan fingerprint density at radius 1 is 0.926 bits per heavy atom. The van der Waals surface area contributed by atoms with E-state index in [1.165, 1.54) is 0 Å². The summed E-state index contributed by atoms with van der Waals surface area (Å²) in [5, 5.41) is 0. The number of ether oxygens (including phenoxy) is 1. The van der Waals surface area contributed by atoms with Gasteiger partial charge in [-0.2, -0.15) is 0 Å². The van der Waals surface area contributed by atoms with Crippen molar-refractivity contribution in [3.05, 3.63) is 66.6 Å². The van der Waals surface area contributed by atoms with Crippen LogP contribution in [0.15, 0.2) is 65.1 Å². The Balaban J connectivity index is 1.68. The molecule has 0 aliphatic rings. The smallest absolute Gasteiger partial charge is 0.305 e. The molecule has 0 unspecified atom stereocenters. The molecule has 0 amide bonds. The number of hydrogen-bond donors (Lipinski definition) is 0. The van der Waals surface area contributed by atoms with Gasteiger partial charge in [0.05, 0.1) is 6.61 Å². The molecule has 140 valence electrons. The second-order valence-electron chi connectivity index (χ2n) is 6.38. The maximum Gasteiger partial charge on any atom is 0.305 e. The summed E-state index contributed by atoms with van der Waals surface area (Å²) >= 11 is 0. The largest absolute Gasteiger partial charge is 0.466 e. The van der Waals surface area contributed by atoms with Gasteiger partial charge in [0.25, 0.3) is 0 Å². The number of carbonyl (C=O) groups is 1. The summed E-state index contributed by atoms with van der Waals surface area (Å²) in [4.78, 5) is 16.1. The van der Waals surface area contributed by atoms with E-state index in [1.807, 2.05) is 67.6 Å². The zero-order valence-electron chi connectivity index (χ0n) is 15.7. The van der Waals surface area contributed by atoms with Crippen LogP contribution in [0.2, 0.25) is 0 Å². The minimum Gasteiger partial charge on any atom is -0.466 e. The van der Waals surface area contributed by atoms with Crippen molar-refractivity contribution in [2.75, 3.05) is 6.61 Å². The zero-order valence-corrected chi connectivity index (χ0v) is 15.7. The minimum atomic E-state index is -0.119. The standard InChI is InChI=1S/C23H25NO3/c1-2-26-21(25)17-11-5-10-16-20-24-22(18-12-6-3-7-13-18)23(27-20)19-14-8-4-9-15-19/h3-4,6-9,12-15H,2,5,10-11,16-17H2,1H3. The van der Waals surface area contributed by atoms with Crippen LogP contribution in [0.25, 0.3) is 22.6 Å². The lowest BCUT2D eigenvalue weighted by atomic mass is 10.1. The van der Waals surface area contributed by atoms with Crippen LogP contribution in [0.3, 0.4) is 0 Å². The molecule has 4 heteroatoms. The molecular weight excluding hydrogens is 338 g/mol. The second kappa shape index (κ2) is 9.72. The van der Waals surface area contributed by atoms with Gasteiger partial charge in [-0.25, -0.2) is 4.98 Å². The third kappa shape index (κ3) is 5.30. The molecule has 1 aromatic heterocycles. The van der Waals surface area contributed by atoms with Crippen molar-refractivity contribution in [3.8, 4) is 22.6 Å². The molecular formula is C23H25NO3. The molecule has 0 radical (unpaired) electrons. The molecule has 0 atom stereocenters. The lowest BCUT2D eigenvalue weighted by Crippen LogP contribution is -2.03. The van der Waals surface area contributed by atoms with Crippen molar-refractivity contribution in [1.29, 1.82) is 0 Å². The lowest BCUT2D eigenvalue weighted by Gasteiger charge is -2.01. The number of unbranched alkanes of at least 4 members (excludes halogenated alkanes) is 2. The highest BCUT2D eigenvalue weighted by molar-refractivity contribution is 5.76. The lowest BCUT2D eigenvalue weighted by molar-refractivity contribution is -0.143. The van der Waals surface area contributed by atoms with Crippen molar-refractivity contribution in [2.45, 2.75) is 39.0 Å². The molecule has 0 spiro atoms. The highest BCUT2D eigenvalue weighted by atomic mass is 16.5. The van der Waals surface area contributed by atoms with E-state index in [0.29, 0.717) is 13.0 Å². The Kier molecular flexibility index (Phi) is 6.80. The summed E-state index contributed by atoms with van der Waals surface area (Å²) in [7, 11) is 0. The molecule has 3 aromatic rings. The van der Waals surface area contributed by atoms with Crippen LogP contribution < -0.4 is 0 Å². The number of hydrogen-bond acceptors (Lipinski definition) is 4. The normalized spacial score (nSPS) is 10.7. The Bertz CT molecular complexity index is 784. The fraction of sp³-hybridized carbons (Fsp3) is 0.304. The SMILES string of the molecule is CCOC(=O)CCCCCc1nc(-c2ccccc2)c(-c2ccccc2)o1. The van der Waals surface area contributed by atoms with Gasteiger partial charge in [-0.15, -0.1) is 0 Å².